The van der Waals surface area contributed by atoms with Crippen molar-refractivity contribution in [2.45, 2.75) is 75.2 Å². The van der Waals surface area contributed by atoms with E-state index in [0.717, 1.165) is 66.0 Å². The first-order valence-electron chi connectivity index (χ1n) is 13.5. The smallest absolute Gasteiger partial charge is 0.326 e. The summed E-state index contributed by atoms with van der Waals surface area (Å²) in [5.74, 6) is -1.50. The Bertz CT molecular complexity index is 1300. The van der Waals surface area contributed by atoms with E-state index in [1.54, 1.807) is 0 Å². The molecule has 0 N–H and O–H groups in total. The SMILES string of the molecule is Cc1cc(C)c([P+](CC(=O)ON2C(=O)CCC2=O)(c2c(C)cc(C)cc2C)c2c(C)cc(C)cc2C)c(C)c1. The number of hydrogen-bond donors (Lipinski definition) is 0. The molecule has 4 rings (SSSR count). The van der Waals surface area contributed by atoms with Crippen LogP contribution in [-0.2, 0) is 19.2 Å². The highest BCUT2D eigenvalue weighted by Gasteiger charge is 2.54. The lowest BCUT2D eigenvalue weighted by Gasteiger charge is -2.34. The van der Waals surface area contributed by atoms with Crippen molar-refractivity contribution in [3.8, 4) is 0 Å². The number of rotatable bonds is 6. The lowest BCUT2D eigenvalue weighted by molar-refractivity contribution is -0.195. The molecule has 1 saturated heterocycles. The molecule has 1 fully saturated rings. The molecular weight excluding hydrogens is 505 g/mol. The van der Waals surface area contributed by atoms with E-state index in [1.807, 2.05) is 0 Å². The lowest BCUT2D eigenvalue weighted by Crippen LogP contribution is -2.44. The molecule has 0 bridgehead atoms. The van der Waals surface area contributed by atoms with E-state index in [9.17, 15) is 14.4 Å². The predicted molar refractivity (Wildman–Crippen MR) is 160 cm³/mol. The molecule has 39 heavy (non-hydrogen) atoms. The first-order chi connectivity index (χ1) is 18.3. The van der Waals surface area contributed by atoms with Gasteiger partial charge < -0.3 is 4.84 Å². The molecule has 0 aromatic heterocycles. The number of hydrogen-bond acceptors (Lipinski definition) is 4. The largest absolute Gasteiger partial charge is 0.371 e. The van der Waals surface area contributed by atoms with E-state index in [2.05, 4.69) is 98.7 Å². The van der Waals surface area contributed by atoms with Gasteiger partial charge in [-0.25, -0.2) is 4.79 Å². The number of hydroxylamine groups is 2. The monoisotopic (exact) mass is 544 g/mol. The highest BCUT2D eigenvalue weighted by atomic mass is 31.2. The van der Waals surface area contributed by atoms with Crippen LogP contribution in [0.3, 0.4) is 0 Å². The van der Waals surface area contributed by atoms with Crippen LogP contribution in [0.5, 0.6) is 0 Å². The zero-order valence-electron chi connectivity index (χ0n) is 24.6. The van der Waals surface area contributed by atoms with Crippen molar-refractivity contribution in [1.82, 2.24) is 5.06 Å². The normalized spacial score (nSPS) is 13.8. The minimum atomic E-state index is -2.71. The van der Waals surface area contributed by atoms with Gasteiger partial charge in [0.05, 0.1) is 0 Å². The third kappa shape index (κ3) is 5.17. The Morgan fingerprint density at radius 2 is 0.897 bits per heavy atom. The third-order valence-corrected chi connectivity index (χ3v) is 12.8. The summed E-state index contributed by atoms with van der Waals surface area (Å²) in [7, 11) is -2.71. The molecule has 1 heterocycles. The van der Waals surface area contributed by atoms with Gasteiger partial charge in [0.1, 0.15) is 23.2 Å². The zero-order valence-corrected chi connectivity index (χ0v) is 25.5. The summed E-state index contributed by atoms with van der Waals surface area (Å²) in [5, 5.41) is 4.16. The van der Waals surface area contributed by atoms with Crippen LogP contribution in [0.4, 0.5) is 0 Å². The number of benzene rings is 3. The van der Waals surface area contributed by atoms with Crippen molar-refractivity contribution in [3.05, 3.63) is 86.5 Å². The van der Waals surface area contributed by atoms with Gasteiger partial charge in [0, 0.05) is 12.8 Å². The lowest BCUT2D eigenvalue weighted by atomic mass is 10.1. The average Bonchev–Trinajstić information content (AvgIpc) is 3.08. The maximum atomic E-state index is 14.0. The van der Waals surface area contributed by atoms with Gasteiger partial charge in [-0.1, -0.05) is 53.1 Å². The maximum Gasteiger partial charge on any atom is 0.371 e. The first kappa shape index (κ1) is 28.7. The van der Waals surface area contributed by atoms with Crippen LogP contribution in [0.15, 0.2) is 36.4 Å². The van der Waals surface area contributed by atoms with Gasteiger partial charge in [0.25, 0.3) is 11.8 Å². The van der Waals surface area contributed by atoms with Gasteiger partial charge in [0.2, 0.25) is 0 Å². The van der Waals surface area contributed by atoms with Gasteiger partial charge in [-0.05, 0) is 95.7 Å². The summed E-state index contributed by atoms with van der Waals surface area (Å²) in [6.45, 7) is 19.0. The topological polar surface area (TPSA) is 63.7 Å². The standard InChI is InChI=1S/C33H39NO4P/c1-19-12-22(4)31(23(5)13-19)39(32-24(6)14-20(2)15-25(32)7,33-26(8)16-21(3)17-27(33)9)18-30(37)38-34-28(35)10-11-29(34)36/h12-17H,10-11,18H2,1-9H3/q+1. The van der Waals surface area contributed by atoms with Crippen molar-refractivity contribution in [3.63, 3.8) is 0 Å². The second kappa shape index (κ2) is 10.7. The molecule has 1 aliphatic heterocycles. The van der Waals surface area contributed by atoms with E-state index < -0.39 is 25.0 Å². The Balaban J connectivity index is 2.13. The Kier molecular flexibility index (Phi) is 7.87. The van der Waals surface area contributed by atoms with Crippen LogP contribution in [0.25, 0.3) is 0 Å². The third-order valence-electron chi connectivity index (χ3n) is 7.62. The Hall–Kier alpha value is -3.30. The van der Waals surface area contributed by atoms with Gasteiger partial charge >= 0.3 is 5.97 Å². The second-order valence-electron chi connectivity index (χ2n) is 11.3. The van der Waals surface area contributed by atoms with Crippen molar-refractivity contribution in [2.24, 2.45) is 0 Å². The number of carbonyl (C=O) groups excluding carboxylic acids is 3. The molecule has 6 heteroatoms. The minimum absolute atomic E-state index is 0.0459. The molecule has 1 aliphatic rings. The van der Waals surface area contributed by atoms with E-state index >= 15 is 0 Å². The van der Waals surface area contributed by atoms with Crippen LogP contribution in [-0.4, -0.2) is 29.0 Å². The Morgan fingerprint density at radius 3 is 1.18 bits per heavy atom. The van der Waals surface area contributed by atoms with Crippen molar-refractivity contribution in [1.29, 1.82) is 0 Å². The van der Waals surface area contributed by atoms with Crippen molar-refractivity contribution >= 4 is 41.0 Å². The molecule has 3 aromatic rings. The molecule has 0 spiro atoms. The summed E-state index contributed by atoms with van der Waals surface area (Å²) in [4.78, 5) is 44.3. The van der Waals surface area contributed by atoms with Crippen LogP contribution < -0.4 is 15.9 Å². The minimum Gasteiger partial charge on any atom is -0.326 e. The highest BCUT2D eigenvalue weighted by Crippen LogP contribution is 2.59. The number of aryl methyl sites for hydroxylation is 9. The number of amides is 2. The first-order valence-corrected chi connectivity index (χ1v) is 15.4. The second-order valence-corrected chi connectivity index (χ2v) is 14.5. The molecule has 204 valence electrons. The Morgan fingerprint density at radius 1 is 0.615 bits per heavy atom. The van der Waals surface area contributed by atoms with Crippen LogP contribution >= 0.6 is 7.26 Å². The molecule has 0 radical (unpaired) electrons. The van der Waals surface area contributed by atoms with Gasteiger partial charge in [0.15, 0.2) is 6.16 Å². The van der Waals surface area contributed by atoms with E-state index in [4.69, 9.17) is 4.84 Å². The molecule has 0 aliphatic carbocycles. The highest BCUT2D eigenvalue weighted by molar-refractivity contribution is 7.96. The fourth-order valence-electron chi connectivity index (χ4n) is 6.88. The summed E-state index contributed by atoms with van der Waals surface area (Å²) >= 11 is 0. The summed E-state index contributed by atoms with van der Waals surface area (Å²) in [6, 6.07) is 13.1. The molecule has 3 aromatic carbocycles. The fraction of sp³-hybridized carbons (Fsp3) is 0.364. The van der Waals surface area contributed by atoms with Gasteiger partial charge in [-0.2, -0.15) is 0 Å². The Labute approximate surface area is 232 Å². The van der Waals surface area contributed by atoms with Gasteiger partial charge in [-0.3, -0.25) is 9.59 Å². The average molecular weight is 545 g/mol. The molecule has 2 amide bonds. The maximum absolute atomic E-state index is 14.0. The van der Waals surface area contributed by atoms with Crippen LogP contribution in [0.1, 0.15) is 62.9 Å². The summed E-state index contributed by atoms with van der Waals surface area (Å²) < 4.78 is 0. The molecule has 0 saturated carbocycles. The zero-order chi connectivity index (χ0) is 28.8. The van der Waals surface area contributed by atoms with E-state index in [0.29, 0.717) is 5.06 Å². The predicted octanol–water partition coefficient (Wildman–Crippen LogP) is 5.36. The van der Waals surface area contributed by atoms with E-state index in [1.165, 1.54) is 0 Å². The molecular formula is C33H39NO4P+. The van der Waals surface area contributed by atoms with Crippen molar-refractivity contribution < 1.29 is 19.2 Å². The summed E-state index contributed by atoms with van der Waals surface area (Å²) in [6.07, 6.45) is 0.175. The van der Waals surface area contributed by atoms with E-state index in [-0.39, 0.29) is 19.0 Å². The number of nitrogens with zero attached hydrogens (tertiary/aromatic N) is 1. The quantitative estimate of drug-likeness (QED) is 0.310. The fourth-order valence-corrected chi connectivity index (χ4v) is 12.5. The molecule has 5 nitrogen and oxygen atoms in total. The number of imide groups is 1. The summed E-state index contributed by atoms with van der Waals surface area (Å²) in [5.41, 5.74) is 10.2. The molecule has 0 unspecified atom stereocenters. The van der Waals surface area contributed by atoms with Crippen molar-refractivity contribution in [2.75, 3.05) is 6.16 Å². The van der Waals surface area contributed by atoms with Crippen LogP contribution in [0.2, 0.25) is 0 Å². The molecule has 0 atom stereocenters. The number of carbonyl (C=O) groups is 3. The van der Waals surface area contributed by atoms with Gasteiger partial charge in [-0.15, -0.1) is 5.06 Å². The van der Waals surface area contributed by atoms with Crippen LogP contribution in [0, 0.1) is 62.3 Å².